The molecule has 1 amide bonds. The molecule has 1 aliphatic carbocycles. The number of carbonyl (C=O) groups excluding carboxylic acids is 1. The quantitative estimate of drug-likeness (QED) is 0.497. The highest BCUT2D eigenvalue weighted by Gasteiger charge is 2.28. The van der Waals surface area contributed by atoms with Gasteiger partial charge in [-0.05, 0) is 81.2 Å². The molecule has 0 radical (unpaired) electrons. The molecule has 1 unspecified atom stereocenters. The van der Waals surface area contributed by atoms with Gasteiger partial charge in [0.1, 0.15) is 5.82 Å². The van der Waals surface area contributed by atoms with Crippen LogP contribution < -0.4 is 5.32 Å². The van der Waals surface area contributed by atoms with Crippen molar-refractivity contribution >= 4 is 23.0 Å². The number of hydrogen-bond acceptors (Lipinski definition) is 3. The highest BCUT2D eigenvalue weighted by molar-refractivity contribution is 6.12. The van der Waals surface area contributed by atoms with Gasteiger partial charge in [0.15, 0.2) is 0 Å². The zero-order valence-electron chi connectivity index (χ0n) is 18.8. The Morgan fingerprint density at radius 1 is 1.23 bits per heavy atom. The predicted molar refractivity (Wildman–Crippen MR) is 124 cm³/mol. The molecule has 0 bridgehead atoms. The van der Waals surface area contributed by atoms with Gasteiger partial charge in [-0.2, -0.15) is 0 Å². The molecule has 1 aromatic carbocycles. The van der Waals surface area contributed by atoms with E-state index in [-0.39, 0.29) is 17.8 Å². The summed E-state index contributed by atoms with van der Waals surface area (Å²) >= 11 is 0. The Morgan fingerprint density at radius 2 is 1.93 bits per heavy atom. The van der Waals surface area contributed by atoms with Crippen molar-refractivity contribution in [3.8, 4) is 0 Å². The number of aromatic nitrogens is 1. The zero-order chi connectivity index (χ0) is 22.1. The summed E-state index contributed by atoms with van der Waals surface area (Å²) in [6, 6.07) is 6.94. The van der Waals surface area contributed by atoms with Gasteiger partial charge in [0.2, 0.25) is 0 Å². The fourth-order valence-electron chi connectivity index (χ4n) is 4.24. The van der Waals surface area contributed by atoms with Crippen LogP contribution in [0.15, 0.2) is 47.1 Å². The van der Waals surface area contributed by atoms with Crippen molar-refractivity contribution in [3.63, 3.8) is 0 Å². The van der Waals surface area contributed by atoms with E-state index in [9.17, 15) is 9.18 Å². The van der Waals surface area contributed by atoms with E-state index >= 15 is 0 Å². The molecule has 30 heavy (non-hydrogen) atoms. The average Bonchev–Trinajstić information content (AvgIpc) is 2.78. The monoisotopic (exact) mass is 411 g/mol. The maximum Gasteiger partial charge on any atom is 0.252 e. The molecule has 1 N–H and O–H groups in total. The van der Waals surface area contributed by atoms with Crippen molar-refractivity contribution < 1.29 is 9.18 Å². The molecule has 1 aliphatic rings. The fraction of sp³-hybridized carbons (Fsp3) is 0.480. The molecule has 1 heterocycles. The molecular formula is C25H34FN3O. The number of nitrogens with zero attached hydrogens (tertiary/aromatic N) is 2. The van der Waals surface area contributed by atoms with Gasteiger partial charge in [-0.25, -0.2) is 4.39 Å². The number of benzene rings is 1. The normalized spacial score (nSPS) is 20.5. The fourth-order valence-corrected chi connectivity index (χ4v) is 4.24. The SMILES string of the molecule is C/C=C(\C=NC)C(=O)NC(C)C1CCC(c2ccnc3ccc(F)cc23)CC1.CC. The van der Waals surface area contributed by atoms with Crippen molar-refractivity contribution in [2.24, 2.45) is 10.9 Å². The Bertz CT molecular complexity index is 898. The largest absolute Gasteiger partial charge is 0.349 e. The Balaban J connectivity index is 0.00000155. The molecular weight excluding hydrogens is 377 g/mol. The van der Waals surface area contributed by atoms with Crippen LogP contribution in [-0.2, 0) is 4.79 Å². The lowest BCUT2D eigenvalue weighted by atomic mass is 9.75. The molecule has 0 spiro atoms. The predicted octanol–water partition coefficient (Wildman–Crippen LogP) is 5.83. The van der Waals surface area contributed by atoms with Crippen LogP contribution in [0.4, 0.5) is 4.39 Å². The molecule has 1 atom stereocenters. The minimum absolute atomic E-state index is 0.0710. The number of fused-ring (bicyclic) bond motifs is 1. The van der Waals surface area contributed by atoms with Crippen LogP contribution in [-0.4, -0.2) is 30.2 Å². The molecule has 2 aromatic rings. The summed E-state index contributed by atoms with van der Waals surface area (Å²) in [5.41, 5.74) is 2.63. The van der Waals surface area contributed by atoms with Crippen molar-refractivity contribution in [1.29, 1.82) is 0 Å². The summed E-state index contributed by atoms with van der Waals surface area (Å²) in [5, 5.41) is 4.04. The van der Waals surface area contributed by atoms with Crippen LogP contribution >= 0.6 is 0 Å². The average molecular weight is 412 g/mol. The number of nitrogens with one attached hydrogen (secondary N) is 1. The molecule has 0 saturated heterocycles. The number of allylic oxidation sites excluding steroid dienone is 1. The molecule has 1 saturated carbocycles. The number of pyridine rings is 1. The zero-order valence-corrected chi connectivity index (χ0v) is 18.8. The first kappa shape index (κ1) is 23.7. The van der Waals surface area contributed by atoms with Gasteiger partial charge in [-0.1, -0.05) is 19.9 Å². The molecule has 1 aromatic heterocycles. The summed E-state index contributed by atoms with van der Waals surface area (Å²) in [4.78, 5) is 20.7. The number of rotatable bonds is 5. The molecule has 3 rings (SSSR count). The van der Waals surface area contributed by atoms with Crippen LogP contribution in [0.1, 0.15) is 64.9 Å². The van der Waals surface area contributed by atoms with Crippen molar-refractivity contribution in [3.05, 3.63) is 53.5 Å². The highest BCUT2D eigenvalue weighted by Crippen LogP contribution is 2.39. The summed E-state index contributed by atoms with van der Waals surface area (Å²) in [5.74, 6) is 0.562. The first-order valence-electron chi connectivity index (χ1n) is 11.0. The minimum atomic E-state index is -0.220. The van der Waals surface area contributed by atoms with Gasteiger partial charge in [0.05, 0.1) is 11.1 Å². The summed E-state index contributed by atoms with van der Waals surface area (Å²) < 4.78 is 13.7. The van der Waals surface area contributed by atoms with E-state index in [4.69, 9.17) is 0 Å². The van der Waals surface area contributed by atoms with Crippen molar-refractivity contribution in [1.82, 2.24) is 10.3 Å². The molecule has 4 nitrogen and oxygen atoms in total. The number of carbonyl (C=O) groups is 1. The molecule has 1 fully saturated rings. The van der Waals surface area contributed by atoms with E-state index in [1.165, 1.54) is 11.6 Å². The molecule has 5 heteroatoms. The second-order valence-electron chi connectivity index (χ2n) is 7.57. The summed E-state index contributed by atoms with van der Waals surface area (Å²) in [6.45, 7) is 7.92. The second kappa shape index (κ2) is 11.6. The standard InChI is InChI=1S/C23H28FN3O.C2H6/c1-4-16(14-25-3)23(28)27-15(2)17-5-7-18(8-6-17)20-11-12-26-22-10-9-19(24)13-21(20)22;1-2/h4,9-15,17-18H,5-8H2,1-3H3,(H,27,28);1-2H3/b16-4+,25-14?;. The lowest BCUT2D eigenvalue weighted by Crippen LogP contribution is -2.40. The maximum absolute atomic E-state index is 13.7. The number of halogens is 1. The van der Waals surface area contributed by atoms with Crippen LogP contribution in [0.25, 0.3) is 10.9 Å². The van der Waals surface area contributed by atoms with E-state index in [0.717, 1.165) is 36.6 Å². The van der Waals surface area contributed by atoms with Crippen LogP contribution in [0, 0.1) is 11.7 Å². The van der Waals surface area contributed by atoms with Crippen molar-refractivity contribution in [2.75, 3.05) is 7.05 Å². The van der Waals surface area contributed by atoms with Crippen LogP contribution in [0.5, 0.6) is 0 Å². The van der Waals surface area contributed by atoms with Crippen LogP contribution in [0.2, 0.25) is 0 Å². The smallest absolute Gasteiger partial charge is 0.252 e. The maximum atomic E-state index is 13.7. The third-order valence-electron chi connectivity index (χ3n) is 5.86. The molecule has 162 valence electrons. The first-order valence-corrected chi connectivity index (χ1v) is 11.0. The molecule has 0 aliphatic heterocycles. The second-order valence-corrected chi connectivity index (χ2v) is 7.57. The summed E-state index contributed by atoms with van der Waals surface area (Å²) in [7, 11) is 1.66. The topological polar surface area (TPSA) is 54.4 Å². The highest BCUT2D eigenvalue weighted by atomic mass is 19.1. The third kappa shape index (κ3) is 5.74. The Kier molecular flexibility index (Phi) is 9.15. The van der Waals surface area contributed by atoms with E-state index in [2.05, 4.69) is 22.2 Å². The van der Waals surface area contributed by atoms with E-state index in [1.54, 1.807) is 31.5 Å². The van der Waals surface area contributed by atoms with Crippen LogP contribution in [0.3, 0.4) is 0 Å². The lowest BCUT2D eigenvalue weighted by molar-refractivity contribution is -0.118. The number of hydrogen-bond donors (Lipinski definition) is 1. The van der Waals surface area contributed by atoms with Gasteiger partial charge in [-0.3, -0.25) is 14.8 Å². The van der Waals surface area contributed by atoms with Gasteiger partial charge in [-0.15, -0.1) is 0 Å². The lowest BCUT2D eigenvalue weighted by Gasteiger charge is -2.33. The van der Waals surface area contributed by atoms with Crippen molar-refractivity contribution in [2.45, 2.75) is 65.3 Å². The van der Waals surface area contributed by atoms with E-state index in [0.29, 0.717) is 17.4 Å². The minimum Gasteiger partial charge on any atom is -0.349 e. The van der Waals surface area contributed by atoms with Gasteiger partial charge in [0.25, 0.3) is 5.91 Å². The summed E-state index contributed by atoms with van der Waals surface area (Å²) in [6.07, 6.45) is 9.34. The Morgan fingerprint density at radius 3 is 2.57 bits per heavy atom. The van der Waals surface area contributed by atoms with E-state index in [1.807, 2.05) is 33.0 Å². The Labute approximate surface area is 179 Å². The Hall–Kier alpha value is -2.56. The first-order chi connectivity index (χ1) is 14.5. The third-order valence-corrected chi connectivity index (χ3v) is 5.86. The van der Waals surface area contributed by atoms with Gasteiger partial charge in [0, 0.05) is 30.9 Å². The number of amides is 1. The van der Waals surface area contributed by atoms with Gasteiger partial charge < -0.3 is 5.32 Å². The van der Waals surface area contributed by atoms with E-state index < -0.39 is 0 Å². The number of aliphatic imine (C=N–C) groups is 1. The van der Waals surface area contributed by atoms with Gasteiger partial charge >= 0.3 is 0 Å².